The highest BCUT2D eigenvalue weighted by molar-refractivity contribution is 5.79. The fourth-order valence-corrected chi connectivity index (χ4v) is 2.04. The monoisotopic (exact) mass is 272 g/mol. The van der Waals surface area contributed by atoms with Crippen LogP contribution in [0.5, 0.6) is 0 Å². The van der Waals surface area contributed by atoms with Gasteiger partial charge in [-0.25, -0.2) is 0 Å². The Morgan fingerprint density at radius 1 is 1.20 bits per heavy atom. The van der Waals surface area contributed by atoms with E-state index in [1.807, 2.05) is 56.0 Å². The van der Waals surface area contributed by atoms with Crippen molar-refractivity contribution in [3.05, 3.63) is 53.9 Å². The minimum absolute atomic E-state index is 0.0512. The van der Waals surface area contributed by atoms with E-state index < -0.39 is 0 Å². The maximum absolute atomic E-state index is 12.5. The van der Waals surface area contributed by atoms with Crippen LogP contribution in [0.15, 0.2) is 47.2 Å². The van der Waals surface area contributed by atoms with Gasteiger partial charge in [-0.2, -0.15) is 0 Å². The van der Waals surface area contributed by atoms with E-state index in [1.54, 1.807) is 6.07 Å². The molecule has 0 aliphatic heterocycles. The topological polar surface area (TPSA) is 46.3 Å². The van der Waals surface area contributed by atoms with E-state index in [0.29, 0.717) is 12.2 Å². The van der Waals surface area contributed by atoms with Crippen molar-refractivity contribution in [2.75, 3.05) is 0 Å². The predicted molar refractivity (Wildman–Crippen MR) is 77.0 cm³/mol. The van der Waals surface area contributed by atoms with Crippen LogP contribution in [0, 0.1) is 0 Å². The molecule has 106 valence electrons. The standard InChI is InChI=1S/C16H20N2O2/c1-16(2,3)18(12-13-7-5-4-6-8-13)15(19)11-14-9-10-20-17-14/h4-10H,11-12H2,1-3H3. The molecule has 20 heavy (non-hydrogen) atoms. The molecule has 0 atom stereocenters. The van der Waals surface area contributed by atoms with Gasteiger partial charge in [-0.3, -0.25) is 4.79 Å². The molecule has 0 N–H and O–H groups in total. The van der Waals surface area contributed by atoms with Crippen LogP contribution in [0.25, 0.3) is 0 Å². The number of benzene rings is 1. The van der Waals surface area contributed by atoms with Gasteiger partial charge in [0.1, 0.15) is 6.26 Å². The molecule has 4 heteroatoms. The third kappa shape index (κ3) is 3.70. The maximum atomic E-state index is 12.5. The van der Waals surface area contributed by atoms with Gasteiger partial charge in [-0.1, -0.05) is 35.5 Å². The molecule has 0 saturated heterocycles. The first-order valence-electron chi connectivity index (χ1n) is 6.70. The number of rotatable bonds is 4. The van der Waals surface area contributed by atoms with Gasteiger partial charge >= 0.3 is 0 Å². The summed E-state index contributed by atoms with van der Waals surface area (Å²) in [5.41, 5.74) is 1.55. The summed E-state index contributed by atoms with van der Waals surface area (Å²) < 4.78 is 4.78. The quantitative estimate of drug-likeness (QED) is 0.859. The second-order valence-electron chi connectivity index (χ2n) is 5.80. The van der Waals surface area contributed by atoms with Crippen molar-refractivity contribution in [2.45, 2.75) is 39.3 Å². The van der Waals surface area contributed by atoms with Crippen molar-refractivity contribution >= 4 is 5.91 Å². The molecule has 2 rings (SSSR count). The first-order valence-corrected chi connectivity index (χ1v) is 6.70. The van der Waals surface area contributed by atoms with E-state index in [4.69, 9.17) is 4.52 Å². The summed E-state index contributed by atoms with van der Waals surface area (Å²) in [5.74, 6) is 0.0512. The first-order chi connectivity index (χ1) is 9.47. The Balaban J connectivity index is 2.13. The largest absolute Gasteiger partial charge is 0.364 e. The van der Waals surface area contributed by atoms with Crippen LogP contribution in [-0.4, -0.2) is 21.5 Å². The third-order valence-electron chi connectivity index (χ3n) is 3.12. The number of carbonyl (C=O) groups is 1. The van der Waals surface area contributed by atoms with Crippen LogP contribution >= 0.6 is 0 Å². The molecule has 0 bridgehead atoms. The van der Waals surface area contributed by atoms with E-state index in [1.165, 1.54) is 6.26 Å². The van der Waals surface area contributed by atoms with Gasteiger partial charge in [-0.15, -0.1) is 0 Å². The highest BCUT2D eigenvalue weighted by Crippen LogP contribution is 2.19. The van der Waals surface area contributed by atoms with E-state index in [-0.39, 0.29) is 17.9 Å². The summed E-state index contributed by atoms with van der Waals surface area (Å²) >= 11 is 0. The van der Waals surface area contributed by atoms with Crippen molar-refractivity contribution in [3.63, 3.8) is 0 Å². The van der Waals surface area contributed by atoms with Gasteiger partial charge in [0, 0.05) is 18.2 Å². The van der Waals surface area contributed by atoms with Crippen LogP contribution in [0.4, 0.5) is 0 Å². The fraction of sp³-hybridized carbons (Fsp3) is 0.375. The second kappa shape index (κ2) is 5.90. The van der Waals surface area contributed by atoms with E-state index in [0.717, 1.165) is 5.56 Å². The molecule has 1 amide bonds. The van der Waals surface area contributed by atoms with Gasteiger partial charge in [0.15, 0.2) is 0 Å². The number of hydrogen-bond acceptors (Lipinski definition) is 3. The van der Waals surface area contributed by atoms with Crippen LogP contribution in [0.2, 0.25) is 0 Å². The van der Waals surface area contributed by atoms with Crippen molar-refractivity contribution in [1.82, 2.24) is 10.1 Å². The summed E-state index contributed by atoms with van der Waals surface area (Å²) in [7, 11) is 0. The van der Waals surface area contributed by atoms with Crippen LogP contribution in [0.3, 0.4) is 0 Å². The Bertz CT molecular complexity index is 542. The molecular weight excluding hydrogens is 252 g/mol. The Kier molecular flexibility index (Phi) is 4.23. The van der Waals surface area contributed by atoms with E-state index >= 15 is 0 Å². The molecule has 0 radical (unpaired) electrons. The zero-order chi connectivity index (χ0) is 14.6. The Morgan fingerprint density at radius 2 is 1.90 bits per heavy atom. The highest BCUT2D eigenvalue weighted by atomic mass is 16.5. The van der Waals surface area contributed by atoms with Gasteiger partial charge < -0.3 is 9.42 Å². The van der Waals surface area contributed by atoms with Crippen molar-refractivity contribution < 1.29 is 9.32 Å². The smallest absolute Gasteiger partial charge is 0.229 e. The molecular formula is C16H20N2O2. The Hall–Kier alpha value is -2.10. The van der Waals surface area contributed by atoms with Gasteiger partial charge in [-0.05, 0) is 26.3 Å². The van der Waals surface area contributed by atoms with Crippen LogP contribution in [-0.2, 0) is 17.8 Å². The van der Waals surface area contributed by atoms with Gasteiger partial charge in [0.2, 0.25) is 5.91 Å². The number of hydrogen-bond donors (Lipinski definition) is 0. The summed E-state index contributed by atoms with van der Waals surface area (Å²) in [6.45, 7) is 6.71. The lowest BCUT2D eigenvalue weighted by molar-refractivity contribution is -0.136. The number of carbonyl (C=O) groups excluding carboxylic acids is 1. The molecule has 1 heterocycles. The lowest BCUT2D eigenvalue weighted by Crippen LogP contribution is -2.45. The summed E-state index contributed by atoms with van der Waals surface area (Å²) in [4.78, 5) is 14.4. The number of nitrogens with zero attached hydrogens (tertiary/aromatic N) is 2. The average molecular weight is 272 g/mol. The fourth-order valence-electron chi connectivity index (χ4n) is 2.04. The minimum Gasteiger partial charge on any atom is -0.364 e. The molecule has 0 aliphatic rings. The lowest BCUT2D eigenvalue weighted by Gasteiger charge is -2.36. The molecule has 0 unspecified atom stereocenters. The predicted octanol–water partition coefficient (Wildman–Crippen LogP) is 3.04. The third-order valence-corrected chi connectivity index (χ3v) is 3.12. The highest BCUT2D eigenvalue weighted by Gasteiger charge is 2.26. The van der Waals surface area contributed by atoms with Crippen molar-refractivity contribution in [2.24, 2.45) is 0 Å². The zero-order valence-corrected chi connectivity index (χ0v) is 12.2. The SMILES string of the molecule is CC(C)(C)N(Cc1ccccc1)C(=O)Cc1ccon1. The van der Waals surface area contributed by atoms with E-state index in [2.05, 4.69) is 5.16 Å². The molecule has 0 saturated carbocycles. The summed E-state index contributed by atoms with van der Waals surface area (Å²) in [5, 5.41) is 3.81. The molecule has 2 aromatic rings. The Morgan fingerprint density at radius 3 is 2.45 bits per heavy atom. The molecule has 1 aromatic carbocycles. The Labute approximate surface area is 119 Å². The second-order valence-corrected chi connectivity index (χ2v) is 5.80. The molecule has 0 spiro atoms. The normalized spacial score (nSPS) is 11.3. The van der Waals surface area contributed by atoms with Crippen molar-refractivity contribution in [3.8, 4) is 0 Å². The minimum atomic E-state index is -0.239. The lowest BCUT2D eigenvalue weighted by atomic mass is 10.0. The molecule has 1 aromatic heterocycles. The number of aromatic nitrogens is 1. The van der Waals surface area contributed by atoms with Crippen LogP contribution in [0.1, 0.15) is 32.0 Å². The van der Waals surface area contributed by atoms with Gasteiger partial charge in [0.25, 0.3) is 0 Å². The van der Waals surface area contributed by atoms with Crippen LogP contribution < -0.4 is 0 Å². The first kappa shape index (κ1) is 14.3. The van der Waals surface area contributed by atoms with Gasteiger partial charge in [0.05, 0.1) is 12.1 Å². The summed E-state index contributed by atoms with van der Waals surface area (Å²) in [6.07, 6.45) is 1.75. The van der Waals surface area contributed by atoms with E-state index in [9.17, 15) is 4.79 Å². The molecule has 4 nitrogen and oxygen atoms in total. The molecule has 0 aliphatic carbocycles. The summed E-state index contributed by atoms with van der Waals surface area (Å²) in [6, 6.07) is 11.7. The van der Waals surface area contributed by atoms with Crippen molar-refractivity contribution in [1.29, 1.82) is 0 Å². The average Bonchev–Trinajstić information content (AvgIpc) is 2.88. The number of amides is 1. The molecule has 0 fully saturated rings. The zero-order valence-electron chi connectivity index (χ0n) is 12.2. The maximum Gasteiger partial charge on any atom is 0.229 e.